The summed E-state index contributed by atoms with van der Waals surface area (Å²) in [6.07, 6.45) is 0. The molecule has 2 N–H and O–H groups in total. The molecule has 0 atom stereocenters. The van der Waals surface area contributed by atoms with Crippen LogP contribution in [0.3, 0.4) is 0 Å². The molecule has 1 rings (SSSR count). The van der Waals surface area contributed by atoms with E-state index in [4.69, 9.17) is 9.84 Å². The molecular weight excluding hydrogens is 156 g/mol. The van der Waals surface area contributed by atoms with Crippen molar-refractivity contribution in [3.8, 4) is 0 Å². The van der Waals surface area contributed by atoms with Crippen molar-refractivity contribution in [1.82, 2.24) is 10.2 Å². The van der Waals surface area contributed by atoms with E-state index in [2.05, 4.69) is 5.32 Å². The second-order valence-corrected chi connectivity index (χ2v) is 2.89. The molecule has 4 heteroatoms. The third kappa shape index (κ3) is 9.84. The summed E-state index contributed by atoms with van der Waals surface area (Å²) in [6, 6.07) is 0. The Labute approximate surface area is 74.5 Å². The third-order valence-corrected chi connectivity index (χ3v) is 1.39. The molecule has 0 aromatic carbocycles. The highest BCUT2D eigenvalue weighted by molar-refractivity contribution is 4.49. The summed E-state index contributed by atoms with van der Waals surface area (Å²) in [7, 11) is 3.85. The maximum atomic E-state index is 8.20. The lowest BCUT2D eigenvalue weighted by Gasteiger charge is -2.10. The van der Waals surface area contributed by atoms with Gasteiger partial charge in [-0.15, -0.1) is 0 Å². The zero-order chi connectivity index (χ0) is 9.23. The predicted octanol–water partition coefficient (Wildman–Crippen LogP) is -0.853. The Kier molecular flexibility index (Phi) is 8.81. The molecule has 0 bridgehead atoms. The molecule has 1 saturated heterocycles. The van der Waals surface area contributed by atoms with E-state index >= 15 is 0 Å². The van der Waals surface area contributed by atoms with Crippen LogP contribution in [0.5, 0.6) is 0 Å². The van der Waals surface area contributed by atoms with Gasteiger partial charge in [0.25, 0.3) is 0 Å². The lowest BCUT2D eigenvalue weighted by Crippen LogP contribution is -2.30. The van der Waals surface area contributed by atoms with Gasteiger partial charge in [-0.3, -0.25) is 0 Å². The second-order valence-electron chi connectivity index (χ2n) is 2.89. The van der Waals surface area contributed by atoms with Gasteiger partial charge < -0.3 is 20.1 Å². The van der Waals surface area contributed by atoms with E-state index in [0.29, 0.717) is 0 Å². The Bertz CT molecular complexity index is 73.6. The Balaban J connectivity index is 0.000000202. The first-order valence-corrected chi connectivity index (χ1v) is 4.31. The maximum absolute atomic E-state index is 8.20. The molecule has 0 saturated carbocycles. The van der Waals surface area contributed by atoms with Gasteiger partial charge in [-0.1, -0.05) is 0 Å². The maximum Gasteiger partial charge on any atom is 0.0591 e. The lowest BCUT2D eigenvalue weighted by atomic mass is 10.5. The van der Waals surface area contributed by atoms with Crippen molar-refractivity contribution in [2.24, 2.45) is 0 Å². The van der Waals surface area contributed by atoms with Crippen molar-refractivity contribution >= 4 is 0 Å². The minimum Gasteiger partial charge on any atom is -0.395 e. The van der Waals surface area contributed by atoms with Crippen LogP contribution in [0.1, 0.15) is 0 Å². The minimum atomic E-state index is 0.257. The normalized spacial score (nSPS) is 17.0. The molecule has 0 radical (unpaired) electrons. The Morgan fingerprint density at radius 3 is 2.00 bits per heavy atom. The fraction of sp³-hybridized carbons (Fsp3) is 1.00. The molecule has 1 heterocycles. The van der Waals surface area contributed by atoms with Gasteiger partial charge in [0.05, 0.1) is 19.8 Å². The van der Waals surface area contributed by atoms with E-state index in [-0.39, 0.29) is 6.61 Å². The molecule has 0 unspecified atom stereocenters. The molecule has 0 aromatic heterocycles. The Hall–Kier alpha value is -0.160. The highest BCUT2D eigenvalue weighted by Gasteiger charge is 1.92. The van der Waals surface area contributed by atoms with Crippen molar-refractivity contribution in [3.05, 3.63) is 0 Å². The molecule has 74 valence electrons. The zero-order valence-corrected chi connectivity index (χ0v) is 8.05. The first-order chi connectivity index (χ1) is 5.77. The van der Waals surface area contributed by atoms with Gasteiger partial charge in [0.1, 0.15) is 0 Å². The minimum absolute atomic E-state index is 0.257. The van der Waals surface area contributed by atoms with Gasteiger partial charge in [-0.2, -0.15) is 0 Å². The van der Waals surface area contributed by atoms with E-state index < -0.39 is 0 Å². The van der Waals surface area contributed by atoms with E-state index in [0.717, 1.165) is 32.8 Å². The van der Waals surface area contributed by atoms with Crippen LogP contribution in [0.15, 0.2) is 0 Å². The highest BCUT2D eigenvalue weighted by Crippen LogP contribution is 1.76. The number of nitrogens with one attached hydrogen (secondary N) is 1. The molecule has 12 heavy (non-hydrogen) atoms. The predicted molar refractivity (Wildman–Crippen MR) is 49.3 cm³/mol. The number of hydrogen-bond donors (Lipinski definition) is 2. The van der Waals surface area contributed by atoms with E-state index in [1.807, 2.05) is 19.0 Å². The number of likely N-dealkylation sites (N-methyl/N-ethyl adjacent to an activating group) is 1. The second kappa shape index (κ2) is 8.93. The number of hydrogen-bond acceptors (Lipinski definition) is 4. The average molecular weight is 176 g/mol. The largest absolute Gasteiger partial charge is 0.395 e. The van der Waals surface area contributed by atoms with Crippen LogP contribution in [0.25, 0.3) is 0 Å². The monoisotopic (exact) mass is 176 g/mol. The van der Waals surface area contributed by atoms with Gasteiger partial charge in [0.15, 0.2) is 0 Å². The average Bonchev–Trinajstić information content (AvgIpc) is 2.08. The topological polar surface area (TPSA) is 44.7 Å². The van der Waals surface area contributed by atoms with Crippen LogP contribution < -0.4 is 5.32 Å². The number of aliphatic hydroxyl groups is 1. The summed E-state index contributed by atoms with van der Waals surface area (Å²) >= 11 is 0. The third-order valence-electron chi connectivity index (χ3n) is 1.39. The van der Waals surface area contributed by atoms with Crippen molar-refractivity contribution < 1.29 is 9.84 Å². The molecule has 0 amide bonds. The van der Waals surface area contributed by atoms with Crippen LogP contribution in [-0.2, 0) is 4.74 Å². The van der Waals surface area contributed by atoms with Crippen LogP contribution in [0.4, 0.5) is 0 Å². The van der Waals surface area contributed by atoms with Gasteiger partial charge in [0.2, 0.25) is 0 Å². The molecule has 4 nitrogen and oxygen atoms in total. The molecule has 0 aromatic rings. The molecule has 0 spiro atoms. The fourth-order valence-corrected chi connectivity index (χ4v) is 0.716. The highest BCUT2D eigenvalue weighted by atomic mass is 16.5. The van der Waals surface area contributed by atoms with E-state index in [1.165, 1.54) is 0 Å². The molecule has 0 aliphatic carbocycles. The number of ether oxygens (including phenoxy) is 1. The van der Waals surface area contributed by atoms with Gasteiger partial charge in [-0.25, -0.2) is 0 Å². The van der Waals surface area contributed by atoms with Crippen LogP contribution >= 0.6 is 0 Å². The molecule has 1 aliphatic heterocycles. The quantitative estimate of drug-likeness (QED) is 0.575. The summed E-state index contributed by atoms with van der Waals surface area (Å²) in [5.41, 5.74) is 0. The van der Waals surface area contributed by atoms with E-state index in [1.54, 1.807) is 0 Å². The smallest absolute Gasteiger partial charge is 0.0591 e. The Morgan fingerprint density at radius 1 is 1.33 bits per heavy atom. The summed E-state index contributed by atoms with van der Waals surface area (Å²) in [5, 5.41) is 11.4. The lowest BCUT2D eigenvalue weighted by molar-refractivity contribution is 0.109. The van der Waals surface area contributed by atoms with Crippen LogP contribution in [0.2, 0.25) is 0 Å². The first kappa shape index (κ1) is 11.8. The molecular formula is C8H20N2O2. The van der Waals surface area contributed by atoms with Gasteiger partial charge in [-0.05, 0) is 14.1 Å². The Morgan fingerprint density at radius 2 is 1.92 bits per heavy atom. The van der Waals surface area contributed by atoms with Crippen molar-refractivity contribution in [3.63, 3.8) is 0 Å². The number of aliphatic hydroxyl groups excluding tert-OH is 1. The summed E-state index contributed by atoms with van der Waals surface area (Å²) in [5.74, 6) is 0. The van der Waals surface area contributed by atoms with Crippen LogP contribution in [0, 0.1) is 0 Å². The standard InChI is InChI=1S/C4H9NO.C4H11NO/c1-3-6-4-2-5-1;1-5(2)3-4-6/h5H,1-4H2;6H,3-4H2,1-2H3. The summed E-state index contributed by atoms with van der Waals surface area (Å²) in [6.45, 7) is 4.85. The fourth-order valence-electron chi connectivity index (χ4n) is 0.716. The van der Waals surface area contributed by atoms with Crippen molar-refractivity contribution in [1.29, 1.82) is 0 Å². The van der Waals surface area contributed by atoms with Gasteiger partial charge in [0, 0.05) is 19.6 Å². The number of rotatable bonds is 2. The number of nitrogens with zero attached hydrogens (tertiary/aromatic N) is 1. The van der Waals surface area contributed by atoms with Crippen LogP contribution in [-0.4, -0.2) is 63.6 Å². The van der Waals surface area contributed by atoms with Crippen molar-refractivity contribution in [2.45, 2.75) is 0 Å². The first-order valence-electron chi connectivity index (χ1n) is 4.31. The van der Waals surface area contributed by atoms with Crippen molar-refractivity contribution in [2.75, 3.05) is 53.6 Å². The summed E-state index contributed by atoms with van der Waals surface area (Å²) in [4.78, 5) is 1.93. The SMILES string of the molecule is C1COCCN1.CN(C)CCO. The molecule has 1 fully saturated rings. The molecule has 1 aliphatic rings. The number of morpholine rings is 1. The zero-order valence-electron chi connectivity index (χ0n) is 8.05. The van der Waals surface area contributed by atoms with Gasteiger partial charge >= 0.3 is 0 Å². The van der Waals surface area contributed by atoms with E-state index in [9.17, 15) is 0 Å². The summed E-state index contributed by atoms with van der Waals surface area (Å²) < 4.78 is 5.01.